The van der Waals surface area contributed by atoms with Gasteiger partial charge in [0.05, 0.1) is 16.6 Å². The second-order valence-electron chi connectivity index (χ2n) is 5.87. The zero-order valence-corrected chi connectivity index (χ0v) is 14.2. The van der Waals surface area contributed by atoms with E-state index in [9.17, 15) is 15.4 Å². The Balaban J connectivity index is 2.45. The lowest BCUT2D eigenvalue weighted by Crippen LogP contribution is -2.07. The van der Waals surface area contributed by atoms with Gasteiger partial charge in [0.1, 0.15) is 0 Å². The number of nitriles is 1. The second-order valence-corrected chi connectivity index (χ2v) is 5.87. The first-order valence-electron chi connectivity index (χ1n) is 7.48. The molecule has 5 heteroatoms. The molecule has 0 fully saturated rings. The molecular weight excluding hydrogens is 302 g/mol. The molecule has 0 atom stereocenters. The summed E-state index contributed by atoms with van der Waals surface area (Å²) in [6, 6.07) is 13.4. The van der Waals surface area contributed by atoms with Crippen LogP contribution < -0.4 is 4.90 Å². The fourth-order valence-corrected chi connectivity index (χ4v) is 2.61. The lowest BCUT2D eigenvalue weighted by Gasteiger charge is -2.12. The summed E-state index contributed by atoms with van der Waals surface area (Å²) in [6.45, 7) is 3.38. The number of allylic oxidation sites excluding steroid dienone is 1. The quantitative estimate of drug-likeness (QED) is 0.363. The third-order valence-corrected chi connectivity index (χ3v) is 3.83. The molecule has 2 aromatic carbocycles. The highest BCUT2D eigenvalue weighted by Crippen LogP contribution is 2.28. The van der Waals surface area contributed by atoms with Crippen LogP contribution in [0.2, 0.25) is 0 Å². The van der Waals surface area contributed by atoms with Gasteiger partial charge in [-0.05, 0) is 55.3 Å². The van der Waals surface area contributed by atoms with Crippen LogP contribution in [0.4, 0.5) is 11.4 Å². The number of aryl methyl sites for hydroxylation is 2. The molecule has 0 heterocycles. The van der Waals surface area contributed by atoms with Crippen LogP contribution in [-0.4, -0.2) is 19.0 Å². The van der Waals surface area contributed by atoms with Gasteiger partial charge in [-0.25, -0.2) is 0 Å². The molecule has 0 saturated heterocycles. The molecule has 0 amide bonds. The molecule has 5 nitrogen and oxygen atoms in total. The minimum absolute atomic E-state index is 0.103. The number of benzene rings is 2. The van der Waals surface area contributed by atoms with Crippen molar-refractivity contribution in [2.75, 3.05) is 19.0 Å². The highest BCUT2D eigenvalue weighted by atomic mass is 16.6. The first kappa shape index (κ1) is 17.2. The lowest BCUT2D eigenvalue weighted by molar-refractivity contribution is -0.386. The molecule has 2 rings (SSSR count). The van der Waals surface area contributed by atoms with Crippen molar-refractivity contribution in [1.29, 1.82) is 5.26 Å². The van der Waals surface area contributed by atoms with Gasteiger partial charge in [0, 0.05) is 30.9 Å². The maximum atomic E-state index is 11.1. The van der Waals surface area contributed by atoms with Crippen molar-refractivity contribution in [2.24, 2.45) is 0 Å². The predicted molar refractivity (Wildman–Crippen MR) is 96.8 cm³/mol. The van der Waals surface area contributed by atoms with Crippen molar-refractivity contribution < 1.29 is 4.92 Å². The van der Waals surface area contributed by atoms with Crippen molar-refractivity contribution >= 4 is 23.0 Å². The summed E-state index contributed by atoms with van der Waals surface area (Å²) in [7, 11) is 3.93. The van der Waals surface area contributed by atoms with E-state index in [1.54, 1.807) is 32.1 Å². The summed E-state index contributed by atoms with van der Waals surface area (Å²) in [4.78, 5) is 12.7. The van der Waals surface area contributed by atoms with Gasteiger partial charge in [0.25, 0.3) is 5.69 Å². The van der Waals surface area contributed by atoms with Crippen molar-refractivity contribution in [2.45, 2.75) is 13.8 Å². The smallest absolute Gasteiger partial charge is 0.275 e. The van der Waals surface area contributed by atoms with Crippen LogP contribution in [0.5, 0.6) is 0 Å². The summed E-state index contributed by atoms with van der Waals surface area (Å²) >= 11 is 0. The number of nitro benzene ring substituents is 1. The molecule has 0 N–H and O–H groups in total. The van der Waals surface area contributed by atoms with Crippen LogP contribution in [-0.2, 0) is 0 Å². The minimum atomic E-state index is -0.385. The summed E-state index contributed by atoms with van der Waals surface area (Å²) < 4.78 is 0. The molecule has 2 aromatic rings. The van der Waals surface area contributed by atoms with Gasteiger partial charge >= 0.3 is 0 Å². The van der Waals surface area contributed by atoms with E-state index in [4.69, 9.17) is 0 Å². The van der Waals surface area contributed by atoms with E-state index in [-0.39, 0.29) is 10.6 Å². The average molecular weight is 321 g/mol. The summed E-state index contributed by atoms with van der Waals surface area (Å²) in [6.07, 6.45) is 1.79. The molecule has 0 aliphatic carbocycles. The zero-order valence-electron chi connectivity index (χ0n) is 14.2. The third-order valence-electron chi connectivity index (χ3n) is 3.83. The minimum Gasteiger partial charge on any atom is -0.378 e. The first-order valence-corrected chi connectivity index (χ1v) is 7.48. The molecule has 0 bridgehead atoms. The topological polar surface area (TPSA) is 70.2 Å². The third kappa shape index (κ3) is 3.61. The van der Waals surface area contributed by atoms with Gasteiger partial charge in [-0.15, -0.1) is 0 Å². The maximum Gasteiger partial charge on any atom is 0.275 e. The molecule has 0 aliphatic heterocycles. The molecule has 0 unspecified atom stereocenters. The highest BCUT2D eigenvalue weighted by molar-refractivity contribution is 5.90. The van der Waals surface area contributed by atoms with E-state index in [0.29, 0.717) is 22.3 Å². The Morgan fingerprint density at radius 1 is 1.17 bits per heavy atom. The lowest BCUT2D eigenvalue weighted by atomic mass is 9.98. The van der Waals surface area contributed by atoms with Gasteiger partial charge in [-0.1, -0.05) is 12.1 Å². The van der Waals surface area contributed by atoms with Gasteiger partial charge in [0.2, 0.25) is 0 Å². The van der Waals surface area contributed by atoms with Gasteiger partial charge < -0.3 is 4.90 Å². The van der Waals surface area contributed by atoms with Crippen molar-refractivity contribution in [1.82, 2.24) is 0 Å². The van der Waals surface area contributed by atoms with E-state index in [1.165, 1.54) is 0 Å². The fourth-order valence-electron chi connectivity index (χ4n) is 2.61. The van der Waals surface area contributed by atoms with Crippen LogP contribution in [0.1, 0.15) is 22.3 Å². The molecule has 0 spiro atoms. The van der Waals surface area contributed by atoms with Crippen LogP contribution in [0.15, 0.2) is 36.4 Å². The van der Waals surface area contributed by atoms with Crippen LogP contribution in [0.3, 0.4) is 0 Å². The molecular formula is C19H19N3O2. The Bertz CT molecular complexity index is 821. The molecule has 0 aromatic heterocycles. The number of hydrogen-bond donors (Lipinski definition) is 0. The second kappa shape index (κ2) is 6.97. The Morgan fingerprint density at radius 2 is 1.71 bits per heavy atom. The number of nitrogens with zero attached hydrogens (tertiary/aromatic N) is 3. The Labute approximate surface area is 141 Å². The molecule has 0 aliphatic rings. The summed E-state index contributed by atoms with van der Waals surface area (Å²) in [5.41, 5.74) is 4.37. The number of nitro groups is 1. The van der Waals surface area contributed by atoms with Crippen LogP contribution in [0.25, 0.3) is 11.6 Å². The van der Waals surface area contributed by atoms with Gasteiger partial charge in [-0.3, -0.25) is 10.1 Å². The molecule has 24 heavy (non-hydrogen) atoms. The van der Waals surface area contributed by atoms with Crippen molar-refractivity contribution in [3.05, 3.63) is 68.8 Å². The zero-order chi connectivity index (χ0) is 17.9. The normalized spacial score (nSPS) is 11.0. The van der Waals surface area contributed by atoms with Crippen LogP contribution >= 0.6 is 0 Å². The molecule has 122 valence electrons. The fraction of sp³-hybridized carbons (Fsp3) is 0.211. The first-order chi connectivity index (χ1) is 11.3. The van der Waals surface area contributed by atoms with E-state index in [2.05, 4.69) is 6.07 Å². The van der Waals surface area contributed by atoms with E-state index in [1.807, 2.05) is 43.3 Å². The van der Waals surface area contributed by atoms with Crippen LogP contribution in [0, 0.1) is 35.3 Å². The van der Waals surface area contributed by atoms with Crippen molar-refractivity contribution in [3.8, 4) is 6.07 Å². The van der Waals surface area contributed by atoms with E-state index < -0.39 is 0 Å². The van der Waals surface area contributed by atoms with Gasteiger partial charge in [-0.2, -0.15) is 5.26 Å². The van der Waals surface area contributed by atoms with Crippen molar-refractivity contribution in [3.63, 3.8) is 0 Å². The monoisotopic (exact) mass is 321 g/mol. The maximum absolute atomic E-state index is 11.1. The molecule has 0 saturated carbocycles. The molecule has 0 radical (unpaired) electrons. The Hall–Kier alpha value is -3.13. The Kier molecular flexibility index (Phi) is 5.00. The van der Waals surface area contributed by atoms with E-state index >= 15 is 0 Å². The SMILES string of the molecule is Cc1cc(/C(C#N)=C\c2ccc(N(C)C)cc2)cc(C)c1[N+](=O)[O-]. The summed E-state index contributed by atoms with van der Waals surface area (Å²) in [5, 5.41) is 20.6. The highest BCUT2D eigenvalue weighted by Gasteiger charge is 2.16. The number of hydrogen-bond acceptors (Lipinski definition) is 4. The van der Waals surface area contributed by atoms with E-state index in [0.717, 1.165) is 11.3 Å². The number of rotatable bonds is 4. The predicted octanol–water partition coefficient (Wildman–Crippen LogP) is 4.34. The van der Waals surface area contributed by atoms with Gasteiger partial charge in [0.15, 0.2) is 0 Å². The average Bonchev–Trinajstić information content (AvgIpc) is 2.51. The summed E-state index contributed by atoms with van der Waals surface area (Å²) in [5.74, 6) is 0. The number of anilines is 1. The largest absolute Gasteiger partial charge is 0.378 e. The standard InChI is InChI=1S/C19H19N3O2/c1-13-9-16(10-14(2)19(13)22(23)24)17(12-20)11-15-5-7-18(8-6-15)21(3)4/h5-11H,1-4H3/b17-11-. The Morgan fingerprint density at radius 3 is 2.12 bits per heavy atom.